The lowest BCUT2D eigenvalue weighted by atomic mass is 10.1. The minimum atomic E-state index is -0.475. The number of hydrogen-bond acceptors (Lipinski definition) is 4. The predicted molar refractivity (Wildman–Crippen MR) is 79.8 cm³/mol. The fraction of sp³-hybridized carbons (Fsp3) is 0.176. The summed E-state index contributed by atoms with van der Waals surface area (Å²) in [5.74, 6) is -0.475. The average Bonchev–Trinajstić information content (AvgIpc) is 2.57. The highest BCUT2D eigenvalue weighted by atomic mass is 16.5. The van der Waals surface area contributed by atoms with Crippen molar-refractivity contribution in [3.63, 3.8) is 0 Å². The Hall–Kier alpha value is -2.62. The molecule has 0 atom stereocenters. The smallest absolute Gasteiger partial charge is 0.342 e. The van der Waals surface area contributed by atoms with Crippen LogP contribution in [0.1, 0.15) is 22.8 Å². The van der Waals surface area contributed by atoms with Gasteiger partial charge in [-0.2, -0.15) is 0 Å². The fourth-order valence-electron chi connectivity index (χ4n) is 2.63. The molecule has 2 aliphatic rings. The Morgan fingerprint density at radius 3 is 2.62 bits per heavy atom. The maximum atomic E-state index is 12.3. The zero-order chi connectivity index (χ0) is 15.0. The Labute approximate surface area is 121 Å². The summed E-state index contributed by atoms with van der Waals surface area (Å²) in [5.41, 5.74) is 2.54. The van der Waals surface area contributed by atoms with Crippen molar-refractivity contribution < 1.29 is 13.9 Å². The molecule has 0 aliphatic heterocycles. The maximum Gasteiger partial charge on any atom is 0.342 e. The molecular weight excluding hydrogens is 268 g/mol. The molecule has 106 valence electrons. The number of aryl methyl sites for hydroxylation is 1. The van der Waals surface area contributed by atoms with Gasteiger partial charge in [-0.25, -0.2) is 9.59 Å². The van der Waals surface area contributed by atoms with Crippen LogP contribution in [0.25, 0.3) is 22.1 Å². The van der Waals surface area contributed by atoms with Gasteiger partial charge in [-0.1, -0.05) is 30.3 Å². The zero-order valence-electron chi connectivity index (χ0n) is 11.8. The highest BCUT2D eigenvalue weighted by molar-refractivity contribution is 6.16. The molecule has 0 spiro atoms. The molecule has 1 aromatic heterocycles. The van der Waals surface area contributed by atoms with E-state index in [9.17, 15) is 9.59 Å². The second-order valence-electron chi connectivity index (χ2n) is 4.79. The van der Waals surface area contributed by atoms with Crippen molar-refractivity contribution in [2.24, 2.45) is 0 Å². The quantitative estimate of drug-likeness (QED) is 0.676. The molecule has 2 aliphatic carbocycles. The molecule has 1 heterocycles. The SMILES string of the molecule is CCOC(=O)c1c2cccccc-2c2c(C)cc(=O)oc12. The Bertz CT molecular complexity index is 860. The molecule has 0 saturated heterocycles. The van der Waals surface area contributed by atoms with Crippen molar-refractivity contribution in [1.82, 2.24) is 0 Å². The molecule has 4 heteroatoms. The molecule has 21 heavy (non-hydrogen) atoms. The van der Waals surface area contributed by atoms with E-state index in [0.717, 1.165) is 22.1 Å². The minimum Gasteiger partial charge on any atom is -0.462 e. The van der Waals surface area contributed by atoms with E-state index < -0.39 is 11.6 Å². The van der Waals surface area contributed by atoms with Crippen LogP contribution in [0, 0.1) is 6.92 Å². The van der Waals surface area contributed by atoms with E-state index in [1.165, 1.54) is 6.07 Å². The molecule has 0 unspecified atom stereocenters. The van der Waals surface area contributed by atoms with Gasteiger partial charge in [-0.15, -0.1) is 0 Å². The van der Waals surface area contributed by atoms with Crippen LogP contribution in [0.3, 0.4) is 0 Å². The monoisotopic (exact) mass is 282 g/mol. The summed E-state index contributed by atoms with van der Waals surface area (Å²) >= 11 is 0. The predicted octanol–water partition coefficient (Wildman–Crippen LogP) is 3.38. The van der Waals surface area contributed by atoms with Gasteiger partial charge in [0.05, 0.1) is 6.61 Å². The molecular formula is C17H14O4. The first-order chi connectivity index (χ1) is 10.1. The van der Waals surface area contributed by atoms with E-state index in [-0.39, 0.29) is 6.61 Å². The number of fused-ring (bicyclic) bond motifs is 3. The molecule has 0 bridgehead atoms. The Morgan fingerprint density at radius 2 is 1.90 bits per heavy atom. The van der Waals surface area contributed by atoms with Gasteiger partial charge in [0.2, 0.25) is 0 Å². The number of ether oxygens (including phenoxy) is 1. The van der Waals surface area contributed by atoms with Crippen LogP contribution in [0.5, 0.6) is 0 Å². The van der Waals surface area contributed by atoms with Crippen molar-refractivity contribution in [3.05, 3.63) is 57.9 Å². The summed E-state index contributed by atoms with van der Waals surface area (Å²) in [5, 5.41) is 0.781. The van der Waals surface area contributed by atoms with Gasteiger partial charge in [0.25, 0.3) is 0 Å². The van der Waals surface area contributed by atoms with Crippen LogP contribution < -0.4 is 5.63 Å². The maximum absolute atomic E-state index is 12.3. The summed E-state index contributed by atoms with van der Waals surface area (Å²) in [6.07, 6.45) is 0. The number of hydrogen-bond donors (Lipinski definition) is 0. The van der Waals surface area contributed by atoms with Gasteiger partial charge in [0.1, 0.15) is 5.56 Å². The van der Waals surface area contributed by atoms with E-state index in [1.807, 2.05) is 37.3 Å². The first kappa shape index (κ1) is 13.4. The third-order valence-electron chi connectivity index (χ3n) is 3.44. The number of rotatable bonds is 2. The molecule has 0 radical (unpaired) electrons. The third-order valence-corrected chi connectivity index (χ3v) is 3.44. The van der Waals surface area contributed by atoms with Gasteiger partial charge in [0.15, 0.2) is 5.58 Å². The summed E-state index contributed by atoms with van der Waals surface area (Å²) in [6.45, 7) is 3.84. The standard InChI is InChI=1S/C17H14O4/c1-3-20-17(19)15-12-8-6-4-5-7-11(12)14-10(2)9-13(18)21-16(14)15/h4-9H,3H2,1-2H3. The van der Waals surface area contributed by atoms with Gasteiger partial charge in [-0.05, 0) is 25.0 Å². The first-order valence-electron chi connectivity index (χ1n) is 6.75. The molecule has 0 amide bonds. The second kappa shape index (κ2) is 5.05. The molecule has 0 aromatic carbocycles. The van der Waals surface area contributed by atoms with Crippen LogP contribution in [-0.4, -0.2) is 12.6 Å². The molecule has 1 aromatic rings. The Kier molecular flexibility index (Phi) is 3.22. The molecule has 0 N–H and O–H groups in total. The van der Waals surface area contributed by atoms with Crippen LogP contribution in [0.2, 0.25) is 0 Å². The number of carbonyl (C=O) groups is 1. The van der Waals surface area contributed by atoms with Gasteiger partial charge >= 0.3 is 11.6 Å². The third kappa shape index (κ3) is 2.09. The van der Waals surface area contributed by atoms with E-state index in [2.05, 4.69) is 0 Å². The molecule has 0 saturated carbocycles. The van der Waals surface area contributed by atoms with E-state index in [1.54, 1.807) is 6.92 Å². The van der Waals surface area contributed by atoms with Gasteiger partial charge in [-0.3, -0.25) is 0 Å². The van der Waals surface area contributed by atoms with E-state index in [4.69, 9.17) is 9.15 Å². The second-order valence-corrected chi connectivity index (χ2v) is 4.79. The van der Waals surface area contributed by atoms with Crippen LogP contribution in [-0.2, 0) is 4.74 Å². The van der Waals surface area contributed by atoms with Crippen molar-refractivity contribution in [2.45, 2.75) is 13.8 Å². The molecule has 0 fully saturated rings. The number of esters is 1. The van der Waals surface area contributed by atoms with E-state index in [0.29, 0.717) is 11.1 Å². The van der Waals surface area contributed by atoms with Crippen molar-refractivity contribution in [2.75, 3.05) is 6.61 Å². The average molecular weight is 282 g/mol. The van der Waals surface area contributed by atoms with Crippen LogP contribution in [0.4, 0.5) is 0 Å². The summed E-state index contributed by atoms with van der Waals surface area (Å²) < 4.78 is 10.4. The van der Waals surface area contributed by atoms with Crippen LogP contribution in [0.15, 0.2) is 45.6 Å². The largest absolute Gasteiger partial charge is 0.462 e. The normalized spacial score (nSPS) is 11.0. The van der Waals surface area contributed by atoms with Gasteiger partial charge in [0, 0.05) is 17.0 Å². The zero-order valence-corrected chi connectivity index (χ0v) is 11.8. The topological polar surface area (TPSA) is 56.5 Å². The summed E-state index contributed by atoms with van der Waals surface area (Å²) in [7, 11) is 0. The molecule has 3 rings (SSSR count). The fourth-order valence-corrected chi connectivity index (χ4v) is 2.63. The lowest BCUT2D eigenvalue weighted by Crippen LogP contribution is -2.06. The van der Waals surface area contributed by atoms with Crippen LogP contribution >= 0.6 is 0 Å². The highest BCUT2D eigenvalue weighted by Crippen LogP contribution is 2.39. The Balaban J connectivity index is 2.49. The lowest BCUT2D eigenvalue weighted by molar-refractivity contribution is 0.0528. The summed E-state index contributed by atoms with van der Waals surface area (Å²) in [6, 6.07) is 10.8. The van der Waals surface area contributed by atoms with Gasteiger partial charge < -0.3 is 9.15 Å². The minimum absolute atomic E-state index is 0.266. The lowest BCUT2D eigenvalue weighted by Gasteiger charge is -2.01. The van der Waals surface area contributed by atoms with E-state index >= 15 is 0 Å². The Morgan fingerprint density at radius 1 is 1.19 bits per heavy atom. The molecule has 4 nitrogen and oxygen atoms in total. The number of carbonyl (C=O) groups excluding carboxylic acids is 1. The van der Waals surface area contributed by atoms with Crippen molar-refractivity contribution in [1.29, 1.82) is 0 Å². The summed E-state index contributed by atoms with van der Waals surface area (Å²) in [4.78, 5) is 23.9. The highest BCUT2D eigenvalue weighted by Gasteiger charge is 2.26. The van der Waals surface area contributed by atoms with Crippen molar-refractivity contribution in [3.8, 4) is 11.1 Å². The van der Waals surface area contributed by atoms with Crippen molar-refractivity contribution >= 4 is 16.9 Å². The first-order valence-corrected chi connectivity index (χ1v) is 6.75.